The number of carbonyl (C=O) groups is 1. The molecule has 0 radical (unpaired) electrons. The third kappa shape index (κ3) is 4.82. The van der Waals surface area contributed by atoms with Gasteiger partial charge in [0.1, 0.15) is 10.7 Å². The van der Waals surface area contributed by atoms with Crippen LogP contribution in [0.3, 0.4) is 0 Å². The zero-order valence-corrected chi connectivity index (χ0v) is 18.5. The normalized spacial score (nSPS) is 15.3. The summed E-state index contributed by atoms with van der Waals surface area (Å²) < 4.78 is 82.5. The molecule has 1 aromatic heterocycles. The molecule has 0 spiro atoms. The summed E-state index contributed by atoms with van der Waals surface area (Å²) >= 11 is 0. The van der Waals surface area contributed by atoms with Crippen LogP contribution < -0.4 is 5.32 Å². The van der Waals surface area contributed by atoms with Gasteiger partial charge in [-0.25, -0.2) is 17.5 Å². The van der Waals surface area contributed by atoms with Gasteiger partial charge < -0.3 is 5.32 Å². The number of anilines is 1. The molecular weight excluding hydrogens is 476 g/mol. The van der Waals surface area contributed by atoms with Crippen molar-refractivity contribution in [2.24, 2.45) is 0 Å². The Morgan fingerprint density at radius 3 is 2.41 bits per heavy atom. The van der Waals surface area contributed by atoms with Gasteiger partial charge in [0, 0.05) is 31.0 Å². The standard InChI is InChI=1S/C22H20F4N4O3S/c23-17-7-5-15(13-20(17)34(32,33)29-10-2-1-3-11-29)21(31)28-18-14-16(22(24,25)26)6-8-19(18)30-12-4-9-27-30/h4-9,12-14H,1-3,10-11H2,(H,28,31). The zero-order chi connectivity index (χ0) is 24.5. The minimum absolute atomic E-state index is 0.162. The van der Waals surface area contributed by atoms with E-state index in [0.717, 1.165) is 42.8 Å². The molecule has 4 rings (SSSR count). The lowest BCUT2D eigenvalue weighted by molar-refractivity contribution is -0.137. The van der Waals surface area contributed by atoms with Crippen LogP contribution in [0.2, 0.25) is 0 Å². The molecule has 1 amide bonds. The predicted molar refractivity (Wildman–Crippen MR) is 116 cm³/mol. The number of hydrogen-bond donors (Lipinski definition) is 1. The maximum atomic E-state index is 14.5. The van der Waals surface area contributed by atoms with Crippen molar-refractivity contribution in [2.45, 2.75) is 30.3 Å². The van der Waals surface area contributed by atoms with Crippen LogP contribution in [0.1, 0.15) is 35.2 Å². The van der Waals surface area contributed by atoms with E-state index < -0.39 is 38.4 Å². The van der Waals surface area contributed by atoms with Gasteiger partial charge in [-0.2, -0.15) is 22.6 Å². The summed E-state index contributed by atoms with van der Waals surface area (Å²) in [5, 5.41) is 6.35. The zero-order valence-electron chi connectivity index (χ0n) is 17.7. The molecule has 0 unspecified atom stereocenters. The van der Waals surface area contributed by atoms with Crippen LogP contribution in [0.4, 0.5) is 23.2 Å². The fourth-order valence-electron chi connectivity index (χ4n) is 3.70. The second-order valence-electron chi connectivity index (χ2n) is 7.74. The molecule has 0 atom stereocenters. The van der Waals surface area contributed by atoms with Crippen molar-refractivity contribution < 1.29 is 30.8 Å². The summed E-state index contributed by atoms with van der Waals surface area (Å²) in [6.07, 6.45) is 0.403. The molecule has 2 heterocycles. The predicted octanol–water partition coefficient (Wildman–Crippen LogP) is 4.46. The van der Waals surface area contributed by atoms with Gasteiger partial charge in [-0.05, 0) is 55.3 Å². The van der Waals surface area contributed by atoms with E-state index in [0.29, 0.717) is 12.8 Å². The van der Waals surface area contributed by atoms with Crippen molar-refractivity contribution in [3.63, 3.8) is 0 Å². The van der Waals surface area contributed by atoms with E-state index in [1.807, 2.05) is 0 Å². The summed E-state index contributed by atoms with van der Waals surface area (Å²) in [4.78, 5) is 12.3. The van der Waals surface area contributed by atoms with Gasteiger partial charge in [0.25, 0.3) is 5.91 Å². The first-order valence-electron chi connectivity index (χ1n) is 10.4. The number of rotatable bonds is 5. The average Bonchev–Trinajstić information content (AvgIpc) is 3.34. The van der Waals surface area contributed by atoms with Crippen LogP contribution >= 0.6 is 0 Å². The van der Waals surface area contributed by atoms with Crippen LogP contribution in [-0.4, -0.2) is 41.5 Å². The maximum absolute atomic E-state index is 14.5. The third-order valence-corrected chi connectivity index (χ3v) is 7.36. The summed E-state index contributed by atoms with van der Waals surface area (Å²) in [7, 11) is -4.18. The van der Waals surface area contributed by atoms with Gasteiger partial charge in [0.2, 0.25) is 10.0 Å². The topological polar surface area (TPSA) is 84.3 Å². The van der Waals surface area contributed by atoms with Gasteiger partial charge >= 0.3 is 6.18 Å². The molecule has 180 valence electrons. The summed E-state index contributed by atoms with van der Waals surface area (Å²) in [6, 6.07) is 7.14. The Bertz CT molecular complexity index is 1300. The molecule has 1 saturated heterocycles. The third-order valence-electron chi connectivity index (χ3n) is 5.45. The van der Waals surface area contributed by atoms with Crippen molar-refractivity contribution in [3.8, 4) is 5.69 Å². The fourth-order valence-corrected chi connectivity index (χ4v) is 5.31. The minimum atomic E-state index is -4.66. The molecular formula is C22H20F4N4O3S. The molecule has 0 aliphatic carbocycles. The monoisotopic (exact) mass is 496 g/mol. The fraction of sp³-hybridized carbons (Fsp3) is 0.273. The Kier molecular flexibility index (Phi) is 6.45. The SMILES string of the molecule is O=C(Nc1cc(C(F)(F)F)ccc1-n1cccn1)c1ccc(F)c(S(=O)(=O)N2CCCCC2)c1. The van der Waals surface area contributed by atoms with E-state index in [2.05, 4.69) is 10.4 Å². The summed E-state index contributed by atoms with van der Waals surface area (Å²) in [5.74, 6) is -1.92. The average molecular weight is 496 g/mol. The lowest BCUT2D eigenvalue weighted by Gasteiger charge is -2.26. The van der Waals surface area contributed by atoms with Gasteiger partial charge in [0.15, 0.2) is 0 Å². The molecule has 34 heavy (non-hydrogen) atoms. The molecule has 1 fully saturated rings. The first kappa shape index (κ1) is 23.9. The molecule has 12 heteroatoms. The van der Waals surface area contributed by atoms with Gasteiger partial charge in [0.05, 0.1) is 16.9 Å². The van der Waals surface area contributed by atoms with Crippen molar-refractivity contribution in [1.82, 2.24) is 14.1 Å². The number of sulfonamides is 1. The second-order valence-corrected chi connectivity index (χ2v) is 9.65. The quantitative estimate of drug-likeness (QED) is 0.529. The lowest BCUT2D eigenvalue weighted by Crippen LogP contribution is -2.36. The number of carbonyl (C=O) groups excluding carboxylic acids is 1. The largest absolute Gasteiger partial charge is 0.416 e. The highest BCUT2D eigenvalue weighted by atomic mass is 32.2. The Morgan fingerprint density at radius 2 is 1.76 bits per heavy atom. The number of hydrogen-bond acceptors (Lipinski definition) is 4. The Morgan fingerprint density at radius 1 is 1.03 bits per heavy atom. The maximum Gasteiger partial charge on any atom is 0.416 e. The van der Waals surface area contributed by atoms with Gasteiger partial charge in [-0.15, -0.1) is 0 Å². The minimum Gasteiger partial charge on any atom is -0.320 e. The molecule has 1 aliphatic rings. The van der Waals surface area contributed by atoms with Crippen molar-refractivity contribution in [2.75, 3.05) is 18.4 Å². The van der Waals surface area contributed by atoms with E-state index in [-0.39, 0.29) is 30.0 Å². The van der Waals surface area contributed by atoms with E-state index in [1.54, 1.807) is 6.07 Å². The molecule has 3 aromatic rings. The van der Waals surface area contributed by atoms with Crippen LogP contribution in [0, 0.1) is 5.82 Å². The van der Waals surface area contributed by atoms with E-state index in [4.69, 9.17) is 0 Å². The van der Waals surface area contributed by atoms with E-state index in [9.17, 15) is 30.8 Å². The number of nitrogens with zero attached hydrogens (tertiary/aromatic N) is 3. The number of aromatic nitrogens is 2. The number of alkyl halides is 3. The number of halogens is 4. The van der Waals surface area contributed by atoms with E-state index >= 15 is 0 Å². The summed E-state index contributed by atoms with van der Waals surface area (Å²) in [5.41, 5.74) is -1.25. The number of benzene rings is 2. The number of nitrogens with one attached hydrogen (secondary N) is 1. The molecule has 0 bridgehead atoms. The lowest BCUT2D eigenvalue weighted by atomic mass is 10.1. The Hall–Kier alpha value is -3.25. The molecule has 1 N–H and O–H groups in total. The Balaban J connectivity index is 1.69. The smallest absolute Gasteiger partial charge is 0.320 e. The molecule has 0 saturated carbocycles. The number of piperidine rings is 1. The highest BCUT2D eigenvalue weighted by Gasteiger charge is 2.32. The summed E-state index contributed by atoms with van der Waals surface area (Å²) in [6.45, 7) is 0.491. The number of amides is 1. The van der Waals surface area contributed by atoms with Crippen LogP contribution in [-0.2, 0) is 16.2 Å². The molecule has 7 nitrogen and oxygen atoms in total. The Labute approximate surface area is 193 Å². The first-order chi connectivity index (χ1) is 16.1. The van der Waals surface area contributed by atoms with Crippen LogP contribution in [0.5, 0.6) is 0 Å². The molecule has 1 aliphatic heterocycles. The molecule has 2 aromatic carbocycles. The highest BCUT2D eigenvalue weighted by molar-refractivity contribution is 7.89. The van der Waals surface area contributed by atoms with Crippen LogP contribution in [0.25, 0.3) is 5.69 Å². The first-order valence-corrected chi connectivity index (χ1v) is 11.8. The highest BCUT2D eigenvalue weighted by Crippen LogP contribution is 2.33. The van der Waals surface area contributed by atoms with E-state index in [1.165, 1.54) is 21.4 Å². The van der Waals surface area contributed by atoms with Gasteiger partial charge in [-0.1, -0.05) is 6.42 Å². The second kappa shape index (κ2) is 9.18. The van der Waals surface area contributed by atoms with Crippen molar-refractivity contribution in [1.29, 1.82) is 0 Å². The van der Waals surface area contributed by atoms with Crippen molar-refractivity contribution in [3.05, 3.63) is 71.8 Å². The van der Waals surface area contributed by atoms with Gasteiger partial charge in [-0.3, -0.25) is 4.79 Å². The van der Waals surface area contributed by atoms with Crippen LogP contribution in [0.15, 0.2) is 59.8 Å². The van der Waals surface area contributed by atoms with Crippen molar-refractivity contribution >= 4 is 21.6 Å².